The van der Waals surface area contributed by atoms with Gasteiger partial charge in [-0.3, -0.25) is 0 Å². The van der Waals surface area contributed by atoms with Gasteiger partial charge in [0.1, 0.15) is 0 Å². The molecule has 0 bridgehead atoms. The number of hydrogen-bond acceptors (Lipinski definition) is 3. The molecule has 0 spiro atoms. The van der Waals surface area contributed by atoms with Crippen molar-refractivity contribution < 1.29 is 13.5 Å². The molecule has 0 aliphatic rings. The van der Waals surface area contributed by atoms with Gasteiger partial charge in [0.15, 0.2) is 9.84 Å². The number of benzene rings is 1. The van der Waals surface area contributed by atoms with Crippen LogP contribution >= 0.6 is 11.6 Å². The van der Waals surface area contributed by atoms with Crippen molar-refractivity contribution >= 4 is 21.4 Å². The molecule has 3 nitrogen and oxygen atoms in total. The summed E-state index contributed by atoms with van der Waals surface area (Å²) in [5.41, 5.74) is 0.532. The van der Waals surface area contributed by atoms with Crippen LogP contribution in [0.25, 0.3) is 0 Å². The second-order valence-electron chi connectivity index (χ2n) is 3.78. The molecule has 0 amide bonds. The number of sulfone groups is 1. The van der Waals surface area contributed by atoms with Gasteiger partial charge < -0.3 is 5.11 Å². The van der Waals surface area contributed by atoms with Gasteiger partial charge in [0.25, 0.3) is 0 Å². The largest absolute Gasteiger partial charge is 0.387 e. The number of aliphatic hydroxyl groups excluding tert-OH is 1. The molecule has 0 fully saturated rings. The molecule has 1 N–H and O–H groups in total. The van der Waals surface area contributed by atoms with Gasteiger partial charge in [-0.15, -0.1) is 0 Å². The molecule has 0 aliphatic carbocycles. The lowest BCUT2D eigenvalue weighted by Gasteiger charge is -2.20. The molecule has 0 unspecified atom stereocenters. The molecule has 0 radical (unpaired) electrons. The molecule has 1 aromatic carbocycles. The van der Waals surface area contributed by atoms with E-state index in [9.17, 15) is 13.5 Å². The fourth-order valence-corrected chi connectivity index (χ4v) is 3.10. The van der Waals surface area contributed by atoms with Crippen LogP contribution in [-0.4, -0.2) is 25.0 Å². The number of rotatable bonds is 4. The van der Waals surface area contributed by atoms with Crippen molar-refractivity contribution in [2.75, 3.05) is 6.26 Å². The van der Waals surface area contributed by atoms with Gasteiger partial charge in [0, 0.05) is 11.3 Å². The van der Waals surface area contributed by atoms with Crippen molar-refractivity contribution in [3.05, 3.63) is 34.9 Å². The SMILES string of the molecule is CC[C@H]([C@@H](O)c1cccc(Cl)c1)S(C)(=O)=O. The van der Waals surface area contributed by atoms with E-state index in [-0.39, 0.29) is 0 Å². The average Bonchev–Trinajstić information content (AvgIpc) is 2.16. The number of aliphatic hydroxyl groups is 1. The summed E-state index contributed by atoms with van der Waals surface area (Å²) in [5, 5.41) is 9.70. The summed E-state index contributed by atoms with van der Waals surface area (Å²) in [6, 6.07) is 6.62. The zero-order valence-electron chi connectivity index (χ0n) is 9.22. The second-order valence-corrected chi connectivity index (χ2v) is 6.48. The lowest BCUT2D eigenvalue weighted by atomic mass is 10.1. The molecule has 0 aliphatic heterocycles. The van der Waals surface area contributed by atoms with Crippen molar-refractivity contribution in [3.8, 4) is 0 Å². The number of hydrogen-bond donors (Lipinski definition) is 1. The first-order valence-corrected chi connectivity index (χ1v) is 7.32. The molecule has 0 saturated carbocycles. The Labute approximate surface area is 101 Å². The molecule has 90 valence electrons. The topological polar surface area (TPSA) is 54.4 Å². The van der Waals surface area contributed by atoms with Gasteiger partial charge in [0.05, 0.1) is 11.4 Å². The molecular weight excluding hydrogens is 248 g/mol. The third kappa shape index (κ3) is 3.20. The Hall–Kier alpha value is -0.580. The molecule has 0 saturated heterocycles. The van der Waals surface area contributed by atoms with Gasteiger partial charge in [-0.05, 0) is 24.1 Å². The Morgan fingerprint density at radius 3 is 2.50 bits per heavy atom. The van der Waals surface area contributed by atoms with Crippen LogP contribution in [0.5, 0.6) is 0 Å². The lowest BCUT2D eigenvalue weighted by Crippen LogP contribution is -2.26. The minimum absolute atomic E-state index is 0.368. The fraction of sp³-hybridized carbons (Fsp3) is 0.455. The highest BCUT2D eigenvalue weighted by Gasteiger charge is 2.28. The monoisotopic (exact) mass is 262 g/mol. The highest BCUT2D eigenvalue weighted by molar-refractivity contribution is 7.91. The maximum absolute atomic E-state index is 11.5. The smallest absolute Gasteiger partial charge is 0.153 e. The Morgan fingerprint density at radius 2 is 2.06 bits per heavy atom. The Morgan fingerprint density at radius 1 is 1.44 bits per heavy atom. The molecule has 16 heavy (non-hydrogen) atoms. The summed E-state index contributed by atoms with van der Waals surface area (Å²) in [6.07, 6.45) is 0.472. The first kappa shape index (κ1) is 13.5. The number of halogens is 1. The standard InChI is InChI=1S/C11H15ClO3S/c1-3-10(16(2,14)15)11(13)8-5-4-6-9(12)7-8/h4-7,10-11,13H,3H2,1-2H3/t10-,11+/m1/s1. The Kier molecular flexibility index (Phi) is 4.35. The highest BCUT2D eigenvalue weighted by Crippen LogP contribution is 2.25. The Balaban J connectivity index is 3.05. The van der Waals surface area contributed by atoms with E-state index in [1.165, 1.54) is 0 Å². The first-order chi connectivity index (χ1) is 7.36. The molecule has 1 aromatic rings. The van der Waals surface area contributed by atoms with Crippen LogP contribution in [0.4, 0.5) is 0 Å². The van der Waals surface area contributed by atoms with Gasteiger partial charge in [-0.1, -0.05) is 30.7 Å². The van der Waals surface area contributed by atoms with Crippen LogP contribution in [0.2, 0.25) is 5.02 Å². The quantitative estimate of drug-likeness (QED) is 0.905. The summed E-state index contributed by atoms with van der Waals surface area (Å²) < 4.78 is 22.9. The lowest BCUT2D eigenvalue weighted by molar-refractivity contribution is 0.169. The maximum atomic E-state index is 11.5. The molecule has 1 rings (SSSR count). The minimum Gasteiger partial charge on any atom is -0.387 e. The summed E-state index contributed by atoms with van der Waals surface area (Å²) >= 11 is 5.79. The van der Waals surface area contributed by atoms with Crippen molar-refractivity contribution in [1.29, 1.82) is 0 Å². The van der Waals surface area contributed by atoms with E-state index in [0.717, 1.165) is 6.26 Å². The zero-order valence-corrected chi connectivity index (χ0v) is 10.8. The maximum Gasteiger partial charge on any atom is 0.153 e. The predicted molar refractivity (Wildman–Crippen MR) is 65.3 cm³/mol. The zero-order chi connectivity index (χ0) is 12.3. The van der Waals surface area contributed by atoms with E-state index in [4.69, 9.17) is 11.6 Å². The predicted octanol–water partition coefficient (Wildman–Crippen LogP) is 2.20. The van der Waals surface area contributed by atoms with Crippen LogP contribution in [0.1, 0.15) is 25.0 Å². The first-order valence-electron chi connectivity index (χ1n) is 4.98. The van der Waals surface area contributed by atoms with Gasteiger partial charge in [-0.2, -0.15) is 0 Å². The van der Waals surface area contributed by atoms with Crippen molar-refractivity contribution in [3.63, 3.8) is 0 Å². The fourth-order valence-electron chi connectivity index (χ4n) is 1.67. The summed E-state index contributed by atoms with van der Waals surface area (Å²) in [7, 11) is -3.27. The highest BCUT2D eigenvalue weighted by atomic mass is 35.5. The van der Waals surface area contributed by atoms with E-state index in [0.29, 0.717) is 17.0 Å². The van der Waals surface area contributed by atoms with Crippen LogP contribution in [-0.2, 0) is 9.84 Å². The normalized spacial score (nSPS) is 15.8. The third-order valence-corrected chi connectivity index (χ3v) is 4.42. The minimum atomic E-state index is -3.27. The summed E-state index contributed by atoms with van der Waals surface area (Å²) in [4.78, 5) is 0. The summed E-state index contributed by atoms with van der Waals surface area (Å²) in [6.45, 7) is 1.74. The van der Waals surface area contributed by atoms with Gasteiger partial charge in [0.2, 0.25) is 0 Å². The van der Waals surface area contributed by atoms with Gasteiger partial charge >= 0.3 is 0 Å². The van der Waals surface area contributed by atoms with Crippen LogP contribution < -0.4 is 0 Å². The molecular formula is C11H15ClO3S. The molecule has 5 heteroatoms. The van der Waals surface area contributed by atoms with E-state index in [1.54, 1.807) is 31.2 Å². The van der Waals surface area contributed by atoms with Crippen LogP contribution in [0, 0.1) is 0 Å². The van der Waals surface area contributed by atoms with Crippen molar-refractivity contribution in [1.82, 2.24) is 0 Å². The molecule has 0 heterocycles. The second kappa shape index (κ2) is 5.17. The van der Waals surface area contributed by atoms with Crippen molar-refractivity contribution in [2.24, 2.45) is 0 Å². The third-order valence-electron chi connectivity index (χ3n) is 2.49. The van der Waals surface area contributed by atoms with E-state index >= 15 is 0 Å². The molecule has 0 aromatic heterocycles. The van der Waals surface area contributed by atoms with E-state index < -0.39 is 21.2 Å². The summed E-state index contributed by atoms with van der Waals surface area (Å²) in [5.74, 6) is 0. The van der Waals surface area contributed by atoms with E-state index in [2.05, 4.69) is 0 Å². The van der Waals surface area contributed by atoms with Crippen molar-refractivity contribution in [2.45, 2.75) is 24.7 Å². The van der Waals surface area contributed by atoms with Crippen LogP contribution in [0.15, 0.2) is 24.3 Å². The Bertz CT molecular complexity index is 456. The van der Waals surface area contributed by atoms with E-state index in [1.807, 2.05) is 0 Å². The molecule has 2 atom stereocenters. The van der Waals surface area contributed by atoms with Gasteiger partial charge in [-0.25, -0.2) is 8.42 Å². The average molecular weight is 263 g/mol. The van der Waals surface area contributed by atoms with Crippen LogP contribution in [0.3, 0.4) is 0 Å².